The molecule has 3 N–H and O–H groups in total. The second kappa shape index (κ2) is 7.45. The van der Waals surface area contributed by atoms with E-state index in [1.807, 2.05) is 37.3 Å². The number of carboxylic acids is 1. The van der Waals surface area contributed by atoms with Gasteiger partial charge in [-0.1, -0.05) is 37.3 Å². The van der Waals surface area contributed by atoms with Gasteiger partial charge in [0.2, 0.25) is 5.91 Å². The van der Waals surface area contributed by atoms with Crippen molar-refractivity contribution in [3.05, 3.63) is 48.2 Å². The third-order valence-electron chi connectivity index (χ3n) is 3.44. The van der Waals surface area contributed by atoms with Crippen molar-refractivity contribution in [2.24, 2.45) is 0 Å². The van der Waals surface area contributed by atoms with E-state index in [0.29, 0.717) is 0 Å². The van der Waals surface area contributed by atoms with Gasteiger partial charge in [0, 0.05) is 29.9 Å². The van der Waals surface area contributed by atoms with Crippen LogP contribution in [-0.2, 0) is 16.0 Å². The molecule has 0 fully saturated rings. The van der Waals surface area contributed by atoms with Gasteiger partial charge in [-0.15, -0.1) is 0 Å². The smallest absolute Gasteiger partial charge is 0.326 e. The minimum absolute atomic E-state index is 0.200. The third kappa shape index (κ3) is 3.97. The van der Waals surface area contributed by atoms with Gasteiger partial charge in [0.25, 0.3) is 0 Å². The van der Waals surface area contributed by atoms with E-state index in [4.69, 9.17) is 0 Å². The summed E-state index contributed by atoms with van der Waals surface area (Å²) in [6.07, 6.45) is 6.73. The van der Waals surface area contributed by atoms with Crippen LogP contribution in [0.5, 0.6) is 0 Å². The predicted molar refractivity (Wildman–Crippen MR) is 85.6 cm³/mol. The van der Waals surface area contributed by atoms with E-state index in [9.17, 15) is 14.7 Å². The number of hydrogen-bond acceptors (Lipinski definition) is 2. The van der Waals surface area contributed by atoms with Gasteiger partial charge in [0.1, 0.15) is 6.04 Å². The summed E-state index contributed by atoms with van der Waals surface area (Å²) in [4.78, 5) is 26.3. The van der Waals surface area contributed by atoms with E-state index in [1.54, 1.807) is 12.3 Å². The zero-order valence-corrected chi connectivity index (χ0v) is 12.5. The summed E-state index contributed by atoms with van der Waals surface area (Å²) in [6, 6.07) is 6.76. The Labute approximate surface area is 129 Å². The molecule has 0 aliphatic carbocycles. The molecule has 1 aromatic heterocycles. The number of carbonyl (C=O) groups is 2. The number of fused-ring (bicyclic) bond motifs is 1. The molecule has 2 aromatic rings. The van der Waals surface area contributed by atoms with E-state index >= 15 is 0 Å². The Hall–Kier alpha value is -2.56. The summed E-state index contributed by atoms with van der Waals surface area (Å²) < 4.78 is 0. The van der Waals surface area contributed by atoms with E-state index in [-0.39, 0.29) is 18.7 Å². The number of aromatic nitrogens is 1. The fourth-order valence-corrected chi connectivity index (χ4v) is 2.33. The van der Waals surface area contributed by atoms with Crippen LogP contribution in [0.3, 0.4) is 0 Å². The van der Waals surface area contributed by atoms with Crippen molar-refractivity contribution < 1.29 is 14.7 Å². The molecule has 0 spiro atoms. The Morgan fingerprint density at radius 1 is 1.32 bits per heavy atom. The van der Waals surface area contributed by atoms with Gasteiger partial charge >= 0.3 is 5.97 Å². The normalized spacial score (nSPS) is 12.6. The molecule has 0 radical (unpaired) electrons. The standard InChI is InChI=1S/C17H20N2O3/c1-2-3-4-9-16(20)19-15(17(21)22)10-12-11-18-14-8-6-5-7-13(12)14/h3-8,11,15,18H,2,9-10H2,1H3,(H,19,20)(H,21,22)/t15-/m0/s1. The van der Waals surface area contributed by atoms with Gasteiger partial charge < -0.3 is 15.4 Å². The van der Waals surface area contributed by atoms with E-state index in [0.717, 1.165) is 22.9 Å². The van der Waals surface area contributed by atoms with Crippen LogP contribution in [-0.4, -0.2) is 28.0 Å². The molecular formula is C17H20N2O3. The Balaban J connectivity index is 2.07. The summed E-state index contributed by atoms with van der Waals surface area (Å²) in [6.45, 7) is 1.98. The summed E-state index contributed by atoms with van der Waals surface area (Å²) in [5, 5.41) is 12.9. The van der Waals surface area contributed by atoms with Crippen molar-refractivity contribution in [1.82, 2.24) is 10.3 Å². The first-order chi connectivity index (χ1) is 10.6. The minimum atomic E-state index is -1.03. The number of amides is 1. The molecule has 22 heavy (non-hydrogen) atoms. The number of para-hydroxylation sites is 1. The molecule has 1 atom stereocenters. The highest BCUT2D eigenvalue weighted by atomic mass is 16.4. The second-order valence-electron chi connectivity index (χ2n) is 5.11. The van der Waals surface area contributed by atoms with Crippen molar-refractivity contribution >= 4 is 22.8 Å². The van der Waals surface area contributed by atoms with Crippen LogP contribution < -0.4 is 5.32 Å². The Kier molecular flexibility index (Phi) is 5.36. The lowest BCUT2D eigenvalue weighted by atomic mass is 10.0. The van der Waals surface area contributed by atoms with Crippen LogP contribution >= 0.6 is 0 Å². The number of hydrogen-bond donors (Lipinski definition) is 3. The second-order valence-corrected chi connectivity index (χ2v) is 5.11. The zero-order chi connectivity index (χ0) is 15.9. The fraction of sp³-hybridized carbons (Fsp3) is 0.294. The summed E-state index contributed by atoms with van der Waals surface area (Å²) in [5.74, 6) is -1.31. The molecule has 1 aromatic carbocycles. The number of benzene rings is 1. The quantitative estimate of drug-likeness (QED) is 0.687. The number of nitrogens with one attached hydrogen (secondary N) is 2. The molecule has 5 heteroatoms. The molecule has 0 aliphatic heterocycles. The van der Waals surface area contributed by atoms with E-state index < -0.39 is 12.0 Å². The van der Waals surface area contributed by atoms with E-state index in [1.165, 1.54) is 0 Å². The highest BCUT2D eigenvalue weighted by Crippen LogP contribution is 2.19. The molecule has 0 unspecified atom stereocenters. The number of aromatic amines is 1. The van der Waals surface area contributed by atoms with Gasteiger partial charge in [0.15, 0.2) is 0 Å². The van der Waals surface area contributed by atoms with Crippen molar-refractivity contribution in [2.45, 2.75) is 32.2 Å². The maximum Gasteiger partial charge on any atom is 0.326 e. The van der Waals surface area contributed by atoms with Crippen LogP contribution in [0, 0.1) is 0 Å². The van der Waals surface area contributed by atoms with Crippen LogP contribution in [0.15, 0.2) is 42.6 Å². The molecule has 0 bridgehead atoms. The highest BCUT2D eigenvalue weighted by Gasteiger charge is 2.21. The summed E-state index contributed by atoms with van der Waals surface area (Å²) in [7, 11) is 0. The third-order valence-corrected chi connectivity index (χ3v) is 3.44. The number of carbonyl (C=O) groups excluding carboxylic acids is 1. The number of aliphatic carboxylic acids is 1. The molecule has 0 aliphatic rings. The van der Waals surface area contributed by atoms with Gasteiger partial charge in [0.05, 0.1) is 0 Å². The SMILES string of the molecule is CCC=CCC(=O)N[C@@H](Cc1c[nH]c2ccccc12)C(=O)O. The summed E-state index contributed by atoms with van der Waals surface area (Å²) in [5.41, 5.74) is 1.84. The Morgan fingerprint density at radius 2 is 2.09 bits per heavy atom. The lowest BCUT2D eigenvalue weighted by Crippen LogP contribution is -2.42. The minimum Gasteiger partial charge on any atom is -0.480 e. The largest absolute Gasteiger partial charge is 0.480 e. The molecule has 0 saturated carbocycles. The van der Waals surface area contributed by atoms with Gasteiger partial charge in [-0.3, -0.25) is 4.79 Å². The first-order valence-electron chi connectivity index (χ1n) is 7.34. The van der Waals surface area contributed by atoms with Crippen LogP contribution in [0.4, 0.5) is 0 Å². The number of H-pyrrole nitrogens is 1. The molecule has 0 saturated heterocycles. The number of allylic oxidation sites excluding steroid dienone is 1. The van der Waals surface area contributed by atoms with Crippen LogP contribution in [0.2, 0.25) is 0 Å². The van der Waals surface area contributed by atoms with Crippen molar-refractivity contribution in [1.29, 1.82) is 0 Å². The van der Waals surface area contributed by atoms with Crippen LogP contribution in [0.25, 0.3) is 10.9 Å². The average molecular weight is 300 g/mol. The predicted octanol–water partition coefficient (Wildman–Crippen LogP) is 2.64. The van der Waals surface area contributed by atoms with Gasteiger partial charge in [-0.2, -0.15) is 0 Å². The van der Waals surface area contributed by atoms with Gasteiger partial charge in [-0.05, 0) is 18.1 Å². The number of rotatable bonds is 7. The molecule has 1 amide bonds. The Bertz CT molecular complexity index is 688. The fourth-order valence-electron chi connectivity index (χ4n) is 2.33. The van der Waals surface area contributed by atoms with Crippen molar-refractivity contribution in [3.8, 4) is 0 Å². The average Bonchev–Trinajstić information content (AvgIpc) is 2.90. The maximum absolute atomic E-state index is 11.8. The maximum atomic E-state index is 11.8. The molecular weight excluding hydrogens is 280 g/mol. The first-order valence-corrected chi connectivity index (χ1v) is 7.34. The lowest BCUT2D eigenvalue weighted by Gasteiger charge is -2.13. The lowest BCUT2D eigenvalue weighted by molar-refractivity contribution is -0.141. The van der Waals surface area contributed by atoms with Crippen molar-refractivity contribution in [3.63, 3.8) is 0 Å². The molecule has 116 valence electrons. The highest BCUT2D eigenvalue weighted by molar-refractivity contribution is 5.87. The van der Waals surface area contributed by atoms with E-state index in [2.05, 4.69) is 10.3 Å². The summed E-state index contributed by atoms with van der Waals surface area (Å²) >= 11 is 0. The topological polar surface area (TPSA) is 82.2 Å². The van der Waals surface area contributed by atoms with Crippen LogP contribution in [0.1, 0.15) is 25.3 Å². The zero-order valence-electron chi connectivity index (χ0n) is 12.5. The first kappa shape index (κ1) is 15.8. The molecule has 1 heterocycles. The van der Waals surface area contributed by atoms with Gasteiger partial charge in [-0.25, -0.2) is 4.79 Å². The Morgan fingerprint density at radius 3 is 2.82 bits per heavy atom. The monoisotopic (exact) mass is 300 g/mol. The molecule has 2 rings (SSSR count). The molecule has 5 nitrogen and oxygen atoms in total. The number of carboxylic acid groups (broad SMARTS) is 1. The van der Waals surface area contributed by atoms with Crippen molar-refractivity contribution in [2.75, 3.05) is 0 Å².